The van der Waals surface area contributed by atoms with E-state index in [0.717, 1.165) is 28.7 Å². The minimum atomic E-state index is -0.654. The first-order valence-corrected chi connectivity index (χ1v) is 8.75. The summed E-state index contributed by atoms with van der Waals surface area (Å²) in [5, 5.41) is 38.7. The van der Waals surface area contributed by atoms with E-state index in [1.165, 1.54) is 0 Å². The third kappa shape index (κ3) is 4.92. The molecule has 0 saturated carbocycles. The molecule has 0 radical (unpaired) electrons. The van der Waals surface area contributed by atoms with Crippen LogP contribution in [0.25, 0.3) is 11.4 Å². The van der Waals surface area contributed by atoms with Crippen LogP contribution in [0.15, 0.2) is 47.6 Å². The minimum Gasteiger partial charge on any atom is -0.870 e. The Kier molecular flexibility index (Phi) is 6.27. The normalized spacial score (nSPS) is 10.8. The number of nitro groups is 1. The van der Waals surface area contributed by atoms with E-state index in [1.54, 1.807) is 6.92 Å². The average Bonchev–Trinajstić information content (AvgIpc) is 3.19. The second-order valence-electron chi connectivity index (χ2n) is 5.86. The molecule has 0 saturated heterocycles. The standard InChI is InChI=1S/C18H17N7O5/c1-2-30-15-9-14(25(28)29)8-13(17(15)27)10-19-20-16(26)11-24-22-18(21-23-24)12-6-4-3-5-7-12/h3-10,27H,2,11H2,1H3,(H,20,26)/p-1/b19-10-. The number of non-ortho nitro benzene ring substituents is 1. The van der Waals surface area contributed by atoms with Gasteiger partial charge in [-0.1, -0.05) is 36.1 Å². The summed E-state index contributed by atoms with van der Waals surface area (Å²) in [6.07, 6.45) is 1.01. The number of carbonyl (C=O) groups is 1. The number of amides is 1. The summed E-state index contributed by atoms with van der Waals surface area (Å²) in [5.74, 6) is -0.959. The highest BCUT2D eigenvalue weighted by Gasteiger charge is 2.12. The molecule has 0 aliphatic carbocycles. The van der Waals surface area contributed by atoms with Crippen molar-refractivity contribution in [1.29, 1.82) is 0 Å². The van der Waals surface area contributed by atoms with E-state index in [2.05, 4.69) is 25.9 Å². The van der Waals surface area contributed by atoms with E-state index in [4.69, 9.17) is 4.74 Å². The van der Waals surface area contributed by atoms with Gasteiger partial charge in [-0.25, -0.2) is 5.43 Å². The number of nitrogens with one attached hydrogen (secondary N) is 1. The molecule has 30 heavy (non-hydrogen) atoms. The van der Waals surface area contributed by atoms with Gasteiger partial charge in [0.05, 0.1) is 23.8 Å². The zero-order valence-corrected chi connectivity index (χ0v) is 15.8. The topological polar surface area (TPSA) is 160 Å². The van der Waals surface area contributed by atoms with Gasteiger partial charge in [-0.15, -0.1) is 10.2 Å². The summed E-state index contributed by atoms with van der Waals surface area (Å²) in [6, 6.07) is 11.2. The van der Waals surface area contributed by atoms with Crippen molar-refractivity contribution in [3.63, 3.8) is 0 Å². The fraction of sp³-hybridized carbons (Fsp3) is 0.167. The van der Waals surface area contributed by atoms with Gasteiger partial charge in [0.15, 0.2) is 0 Å². The lowest BCUT2D eigenvalue weighted by Crippen LogP contribution is -2.24. The number of aromatic nitrogens is 4. The molecule has 2 aromatic carbocycles. The third-order valence-corrected chi connectivity index (χ3v) is 3.74. The largest absolute Gasteiger partial charge is 0.870 e. The molecule has 0 fully saturated rings. The Morgan fingerprint density at radius 2 is 2.10 bits per heavy atom. The fourth-order valence-corrected chi connectivity index (χ4v) is 2.42. The molecule has 1 heterocycles. The SMILES string of the molecule is CCOc1cc([N+](=O)[O-])cc(/C=N\NC(=O)Cn2nnc(-c3ccccc3)n2)c1[O-]. The van der Waals surface area contributed by atoms with E-state index in [1.807, 2.05) is 30.3 Å². The van der Waals surface area contributed by atoms with Crippen molar-refractivity contribution in [3.8, 4) is 22.9 Å². The molecule has 0 atom stereocenters. The lowest BCUT2D eigenvalue weighted by molar-refractivity contribution is -0.385. The number of nitrogens with zero attached hydrogens (tertiary/aromatic N) is 6. The zero-order valence-electron chi connectivity index (χ0n) is 15.8. The van der Waals surface area contributed by atoms with Gasteiger partial charge in [0.25, 0.3) is 11.6 Å². The van der Waals surface area contributed by atoms with E-state index >= 15 is 0 Å². The Bertz CT molecular complexity index is 1080. The fourth-order valence-electron chi connectivity index (χ4n) is 2.42. The van der Waals surface area contributed by atoms with Gasteiger partial charge < -0.3 is 9.84 Å². The Morgan fingerprint density at radius 1 is 1.33 bits per heavy atom. The van der Waals surface area contributed by atoms with Crippen molar-refractivity contribution in [2.24, 2.45) is 5.10 Å². The number of ether oxygens (including phenoxy) is 1. The molecule has 154 valence electrons. The molecule has 3 rings (SSSR count). The summed E-state index contributed by atoms with van der Waals surface area (Å²) < 4.78 is 5.12. The van der Waals surface area contributed by atoms with Gasteiger partial charge in [0, 0.05) is 11.6 Å². The lowest BCUT2D eigenvalue weighted by Gasteiger charge is -2.16. The summed E-state index contributed by atoms with van der Waals surface area (Å²) in [5.41, 5.74) is 2.53. The Morgan fingerprint density at radius 3 is 2.80 bits per heavy atom. The van der Waals surface area contributed by atoms with Crippen LogP contribution in [0, 0.1) is 10.1 Å². The van der Waals surface area contributed by atoms with Crippen LogP contribution >= 0.6 is 0 Å². The van der Waals surface area contributed by atoms with Gasteiger partial charge in [-0.2, -0.15) is 9.90 Å². The molecule has 0 unspecified atom stereocenters. The maximum atomic E-state index is 12.3. The summed E-state index contributed by atoms with van der Waals surface area (Å²) >= 11 is 0. The first kappa shape index (κ1) is 20.4. The molecular weight excluding hydrogens is 394 g/mol. The Labute approximate surface area is 169 Å². The lowest BCUT2D eigenvalue weighted by atomic mass is 10.1. The van der Waals surface area contributed by atoms with Crippen LogP contribution in [0.3, 0.4) is 0 Å². The van der Waals surface area contributed by atoms with E-state index in [0.29, 0.717) is 5.82 Å². The number of benzene rings is 2. The second-order valence-corrected chi connectivity index (χ2v) is 5.86. The van der Waals surface area contributed by atoms with Crippen LogP contribution in [-0.2, 0) is 11.3 Å². The van der Waals surface area contributed by atoms with Crippen LogP contribution in [0.1, 0.15) is 12.5 Å². The maximum absolute atomic E-state index is 12.3. The molecule has 0 spiro atoms. The molecule has 0 aliphatic rings. The summed E-state index contributed by atoms with van der Waals surface area (Å²) in [6.45, 7) is 1.55. The van der Waals surface area contributed by atoms with Crippen molar-refractivity contribution < 1.29 is 19.6 Å². The van der Waals surface area contributed by atoms with E-state index in [9.17, 15) is 20.0 Å². The second kappa shape index (κ2) is 9.23. The molecule has 12 nitrogen and oxygen atoms in total. The molecule has 3 aromatic rings. The van der Waals surface area contributed by atoms with Gasteiger partial charge >= 0.3 is 0 Å². The highest BCUT2D eigenvalue weighted by atomic mass is 16.6. The smallest absolute Gasteiger partial charge is 0.273 e. The number of hydrogen-bond acceptors (Lipinski definition) is 9. The van der Waals surface area contributed by atoms with Gasteiger partial charge in [0.2, 0.25) is 5.82 Å². The highest BCUT2D eigenvalue weighted by Crippen LogP contribution is 2.31. The van der Waals surface area contributed by atoms with Crippen molar-refractivity contribution in [2.75, 3.05) is 6.61 Å². The van der Waals surface area contributed by atoms with Crippen molar-refractivity contribution in [1.82, 2.24) is 25.6 Å². The number of carbonyl (C=O) groups excluding carboxylic acids is 1. The summed E-state index contributed by atoms with van der Waals surface area (Å²) in [4.78, 5) is 23.5. The molecule has 1 N–H and O–H groups in total. The first-order valence-electron chi connectivity index (χ1n) is 8.75. The number of hydrazone groups is 1. The van der Waals surface area contributed by atoms with Gasteiger partial charge in [-0.05, 0) is 17.7 Å². The van der Waals surface area contributed by atoms with Crippen molar-refractivity contribution in [3.05, 3.63) is 58.1 Å². The average molecular weight is 410 g/mol. The maximum Gasteiger partial charge on any atom is 0.273 e. The quantitative estimate of drug-likeness (QED) is 0.325. The minimum absolute atomic E-state index is 0.0989. The van der Waals surface area contributed by atoms with Crippen LogP contribution in [0.5, 0.6) is 11.5 Å². The molecule has 1 amide bonds. The summed E-state index contributed by atoms with van der Waals surface area (Å²) in [7, 11) is 0. The number of nitro benzene ring substituents is 1. The predicted molar refractivity (Wildman–Crippen MR) is 103 cm³/mol. The zero-order chi connectivity index (χ0) is 21.5. The van der Waals surface area contributed by atoms with Crippen LogP contribution in [0.2, 0.25) is 0 Å². The number of rotatable bonds is 8. The molecule has 0 bridgehead atoms. The van der Waals surface area contributed by atoms with Gasteiger partial charge in [-0.3, -0.25) is 14.9 Å². The Hall–Kier alpha value is -4.35. The Balaban J connectivity index is 1.66. The highest BCUT2D eigenvalue weighted by molar-refractivity contribution is 5.87. The third-order valence-electron chi connectivity index (χ3n) is 3.74. The number of tetrazole rings is 1. The van der Waals surface area contributed by atoms with Crippen molar-refractivity contribution >= 4 is 17.8 Å². The number of hydrogen-bond donors (Lipinski definition) is 1. The molecule has 12 heteroatoms. The predicted octanol–water partition coefficient (Wildman–Crippen LogP) is 0.871. The van der Waals surface area contributed by atoms with E-state index < -0.39 is 16.6 Å². The van der Waals surface area contributed by atoms with Crippen LogP contribution in [-0.4, -0.2) is 43.9 Å². The van der Waals surface area contributed by atoms with Gasteiger partial charge in [0.1, 0.15) is 12.3 Å². The monoisotopic (exact) mass is 410 g/mol. The van der Waals surface area contributed by atoms with Crippen molar-refractivity contribution in [2.45, 2.75) is 13.5 Å². The van der Waals surface area contributed by atoms with Crippen LogP contribution in [0.4, 0.5) is 5.69 Å². The first-order chi connectivity index (χ1) is 14.5. The van der Waals surface area contributed by atoms with E-state index in [-0.39, 0.29) is 30.2 Å². The molecular formula is C18H16N7O5-. The van der Waals surface area contributed by atoms with Crippen LogP contribution < -0.4 is 15.3 Å². The molecule has 1 aromatic heterocycles. The molecule has 0 aliphatic heterocycles.